The summed E-state index contributed by atoms with van der Waals surface area (Å²) < 4.78 is 0. The standard InChI is InChI=1S/H2N2O.Na/c1-2-3;/h(H2,1,3);/q;+1/p-1. The van der Waals surface area contributed by atoms with Gasteiger partial charge >= 0.3 is 29.6 Å². The van der Waals surface area contributed by atoms with Crippen LogP contribution in [-0.2, 0) is 0 Å². The molecule has 0 amide bonds. The zero-order valence-electron chi connectivity index (χ0n) is 2.36. The van der Waals surface area contributed by atoms with Gasteiger partial charge in [-0.2, -0.15) is 10.2 Å². The third-order valence-electron chi connectivity index (χ3n) is 0. The molecule has 0 saturated carbocycles. The number of nitrogens with zero attached hydrogens (tertiary/aromatic N) is 1. The van der Waals surface area contributed by atoms with Crippen LogP contribution in [0, 0.1) is 4.91 Å². The van der Waals surface area contributed by atoms with E-state index in [-0.39, 0.29) is 29.6 Å². The maximum atomic E-state index is 8.22. The van der Waals surface area contributed by atoms with E-state index in [1.807, 2.05) is 0 Å². The van der Waals surface area contributed by atoms with Crippen LogP contribution in [0.2, 0.25) is 0 Å². The van der Waals surface area contributed by atoms with Crippen LogP contribution in [0.3, 0.4) is 0 Å². The number of nitroso groups, excluding NO2 is 1. The monoisotopic (exact) mass is 68.0 g/mol. The second-order valence-corrected chi connectivity index (χ2v) is 0.0913. The van der Waals surface area contributed by atoms with Crippen LogP contribution < -0.4 is 29.6 Å². The van der Waals surface area contributed by atoms with Gasteiger partial charge in [0, 0.05) is 0 Å². The van der Waals surface area contributed by atoms with Crippen LogP contribution in [0.15, 0.2) is 5.29 Å². The van der Waals surface area contributed by atoms with Crippen molar-refractivity contribution in [3.63, 3.8) is 0 Å². The molecule has 0 unspecified atom stereocenters. The summed E-state index contributed by atoms with van der Waals surface area (Å²) >= 11 is 0. The van der Waals surface area contributed by atoms with Crippen molar-refractivity contribution < 1.29 is 29.6 Å². The van der Waals surface area contributed by atoms with Crippen molar-refractivity contribution in [2.75, 3.05) is 0 Å². The van der Waals surface area contributed by atoms with Crippen molar-refractivity contribution in [1.29, 1.82) is 0 Å². The van der Waals surface area contributed by atoms with Crippen LogP contribution >= 0.6 is 0 Å². The van der Waals surface area contributed by atoms with E-state index in [4.69, 9.17) is 10.7 Å². The molecule has 0 spiro atoms. The SMILES string of the molecule is [NH-]N=O.[Na+]. The molecule has 4 heteroatoms. The minimum absolute atomic E-state index is 0. The molecule has 3 nitrogen and oxygen atoms in total. The van der Waals surface area contributed by atoms with E-state index >= 15 is 0 Å². The van der Waals surface area contributed by atoms with Crippen molar-refractivity contribution in [3.8, 4) is 0 Å². The summed E-state index contributed by atoms with van der Waals surface area (Å²) in [5, 5.41) is 1.50. The molecule has 4 heavy (non-hydrogen) atoms. The summed E-state index contributed by atoms with van der Waals surface area (Å²) in [4.78, 5) is 8.22. The Hall–Kier alpha value is 0.400. The summed E-state index contributed by atoms with van der Waals surface area (Å²) in [6, 6.07) is 0. The molecule has 0 bridgehead atoms. The molecule has 0 aromatic rings. The summed E-state index contributed by atoms with van der Waals surface area (Å²) in [7, 11) is 0. The van der Waals surface area contributed by atoms with Gasteiger partial charge in [0.25, 0.3) is 0 Å². The third kappa shape index (κ3) is 29.4. The molecule has 0 aliphatic carbocycles. The van der Waals surface area contributed by atoms with E-state index in [1.54, 1.807) is 0 Å². The predicted octanol–water partition coefficient (Wildman–Crippen LogP) is -2.28. The fraction of sp³-hybridized carbons (Fsp3) is 0. The second-order valence-electron chi connectivity index (χ2n) is 0.0913. The van der Waals surface area contributed by atoms with Crippen molar-refractivity contribution in [3.05, 3.63) is 10.7 Å². The van der Waals surface area contributed by atoms with Gasteiger partial charge in [-0.05, 0) is 0 Å². The summed E-state index contributed by atoms with van der Waals surface area (Å²) in [5.74, 6) is 5.28. The van der Waals surface area contributed by atoms with E-state index in [9.17, 15) is 0 Å². The van der Waals surface area contributed by atoms with Crippen LogP contribution in [0.5, 0.6) is 0 Å². The van der Waals surface area contributed by atoms with E-state index in [0.717, 1.165) is 0 Å². The smallest absolute Gasteiger partial charge is 0.578 e. The van der Waals surface area contributed by atoms with Gasteiger partial charge < -0.3 is 5.84 Å². The van der Waals surface area contributed by atoms with Gasteiger partial charge in [-0.1, -0.05) is 0 Å². The third-order valence-corrected chi connectivity index (χ3v) is 0. The zero-order valence-corrected chi connectivity index (χ0v) is 4.36. The van der Waals surface area contributed by atoms with Gasteiger partial charge in [0.05, 0.1) is 0 Å². The molecule has 0 aliphatic rings. The Morgan fingerprint density at radius 1 is 1.75 bits per heavy atom. The van der Waals surface area contributed by atoms with E-state index in [2.05, 4.69) is 0 Å². The quantitative estimate of drug-likeness (QED) is 0.179. The molecular weight excluding hydrogens is 67.0 g/mol. The molecule has 0 aliphatic heterocycles. The molecule has 0 rings (SSSR count). The van der Waals surface area contributed by atoms with E-state index in [1.165, 1.54) is 5.29 Å². The average Bonchev–Trinajstić information content (AvgIpc) is 0.918. The molecule has 0 fully saturated rings. The largest absolute Gasteiger partial charge is 1.00 e. The molecule has 18 valence electrons. The van der Waals surface area contributed by atoms with E-state index in [0.29, 0.717) is 0 Å². The van der Waals surface area contributed by atoms with Gasteiger partial charge in [0.1, 0.15) is 0 Å². The zero-order chi connectivity index (χ0) is 2.71. The predicted molar refractivity (Wildman–Crippen MR) is 10.1 cm³/mol. The van der Waals surface area contributed by atoms with Crippen LogP contribution in [0.25, 0.3) is 5.84 Å². The molecule has 0 saturated heterocycles. The first-order valence-corrected chi connectivity index (χ1v) is 0.406. The summed E-state index contributed by atoms with van der Waals surface area (Å²) in [5.41, 5.74) is 0. The van der Waals surface area contributed by atoms with Crippen molar-refractivity contribution >= 4 is 0 Å². The Bertz CT molecular complexity index is 13.5. The van der Waals surface area contributed by atoms with Crippen LogP contribution in [-0.4, -0.2) is 0 Å². The first kappa shape index (κ1) is 8.83. The second kappa shape index (κ2) is 9.99. The maximum absolute atomic E-state index is 8.22. The topological polar surface area (TPSA) is 53.2 Å². The normalized spacial score (nSPS) is 3.00. The number of nitrogens with one attached hydrogen (secondary N) is 1. The van der Waals surface area contributed by atoms with Gasteiger partial charge in [0.15, 0.2) is 0 Å². The summed E-state index contributed by atoms with van der Waals surface area (Å²) in [6.45, 7) is 0. The minimum Gasteiger partial charge on any atom is -0.578 e. The average molecular weight is 68.0 g/mol. The Labute approximate surface area is 45.8 Å². The Morgan fingerprint density at radius 3 is 1.75 bits per heavy atom. The van der Waals surface area contributed by atoms with Crippen LogP contribution in [0.1, 0.15) is 0 Å². The maximum Gasteiger partial charge on any atom is 1.00 e. The van der Waals surface area contributed by atoms with Gasteiger partial charge in [-0.15, -0.1) is 0 Å². The molecular formula is HN2NaO. The van der Waals surface area contributed by atoms with Crippen molar-refractivity contribution in [2.45, 2.75) is 0 Å². The number of rotatable bonds is 0. The fourth-order valence-electron chi connectivity index (χ4n) is 0. The molecule has 0 aromatic heterocycles. The summed E-state index contributed by atoms with van der Waals surface area (Å²) in [6.07, 6.45) is 0. The number of hydrogen-bond donors (Lipinski definition) is 0. The minimum atomic E-state index is 0. The Morgan fingerprint density at radius 2 is 1.75 bits per heavy atom. The van der Waals surface area contributed by atoms with Crippen LogP contribution in [0.4, 0.5) is 0 Å². The molecule has 0 heterocycles. The Balaban J connectivity index is 0. The first-order valence-electron chi connectivity index (χ1n) is 0.406. The van der Waals surface area contributed by atoms with Crippen molar-refractivity contribution in [2.24, 2.45) is 5.29 Å². The first-order chi connectivity index (χ1) is 1.41. The van der Waals surface area contributed by atoms with Gasteiger partial charge in [-0.25, -0.2) is 0 Å². The van der Waals surface area contributed by atoms with Gasteiger partial charge in [0.2, 0.25) is 0 Å². The van der Waals surface area contributed by atoms with Gasteiger partial charge in [-0.3, -0.25) is 0 Å². The molecule has 0 atom stereocenters. The van der Waals surface area contributed by atoms with E-state index < -0.39 is 0 Å². The Kier molecular flexibility index (Phi) is 22.1. The number of hydrogen-bond acceptors (Lipinski definition) is 2. The molecule has 1 N–H and O–H groups in total. The fourth-order valence-corrected chi connectivity index (χ4v) is 0. The molecule has 0 aromatic carbocycles. The van der Waals surface area contributed by atoms with Crippen molar-refractivity contribution in [1.82, 2.24) is 0 Å². The molecule has 0 radical (unpaired) electrons.